The maximum atomic E-state index is 13.5. The molecular weight excluding hydrogens is 257 g/mol. The van der Waals surface area contributed by atoms with Crippen molar-refractivity contribution >= 4 is 10.1 Å². The van der Waals surface area contributed by atoms with Crippen molar-refractivity contribution in [1.82, 2.24) is 4.98 Å². The molecule has 1 aromatic carbocycles. The van der Waals surface area contributed by atoms with Gasteiger partial charge in [0, 0.05) is 17.5 Å². The molecule has 0 atom stereocenters. The molecule has 0 saturated heterocycles. The lowest BCUT2D eigenvalue weighted by Crippen LogP contribution is -2.04. The molecule has 0 fully saturated rings. The van der Waals surface area contributed by atoms with Gasteiger partial charge in [0.25, 0.3) is 10.1 Å². The summed E-state index contributed by atoms with van der Waals surface area (Å²) in [6.45, 7) is 0. The Morgan fingerprint density at radius 1 is 1.33 bits per heavy atom. The van der Waals surface area contributed by atoms with Crippen molar-refractivity contribution in [3.8, 4) is 11.3 Å². The van der Waals surface area contributed by atoms with Gasteiger partial charge in [0.05, 0.1) is 7.11 Å². The third-order valence-electron chi connectivity index (χ3n) is 2.50. The Hall–Kier alpha value is -1.66. The molecule has 0 spiro atoms. The zero-order valence-corrected chi connectivity index (χ0v) is 10.5. The molecular formula is C12H12FNO3S. The lowest BCUT2D eigenvalue weighted by Gasteiger charge is -1.99. The maximum Gasteiger partial charge on any atom is 0.271 e. The van der Waals surface area contributed by atoms with Gasteiger partial charge in [-0.3, -0.25) is 4.18 Å². The maximum absolute atomic E-state index is 13.5. The van der Waals surface area contributed by atoms with Crippen molar-refractivity contribution < 1.29 is 17.0 Å². The second-order valence-electron chi connectivity index (χ2n) is 3.77. The number of H-pyrrole nitrogens is 1. The molecule has 18 heavy (non-hydrogen) atoms. The smallest absolute Gasteiger partial charge is 0.271 e. The molecule has 1 N–H and O–H groups in total. The third kappa shape index (κ3) is 2.77. The highest BCUT2D eigenvalue weighted by Crippen LogP contribution is 2.22. The van der Waals surface area contributed by atoms with Gasteiger partial charge in [-0.1, -0.05) is 12.1 Å². The summed E-state index contributed by atoms with van der Waals surface area (Å²) in [5.41, 5.74) is 1.46. The molecule has 1 heterocycles. The van der Waals surface area contributed by atoms with E-state index in [0.29, 0.717) is 16.8 Å². The summed E-state index contributed by atoms with van der Waals surface area (Å²) >= 11 is 0. The standard InChI is InChI=1S/C12H12FNO3S/c1-17-18(15,16)8-9-6-12(14-7-9)10-4-2-3-5-11(10)13/h2-7,14H,8H2,1H3. The fourth-order valence-corrected chi connectivity index (χ4v) is 2.31. The predicted octanol–water partition coefficient (Wildman–Crippen LogP) is 2.30. The average Bonchev–Trinajstić information content (AvgIpc) is 2.77. The highest BCUT2D eigenvalue weighted by atomic mass is 32.2. The number of benzene rings is 1. The Morgan fingerprint density at radius 2 is 2.06 bits per heavy atom. The minimum atomic E-state index is -3.57. The van der Waals surface area contributed by atoms with Crippen LogP contribution in [0.3, 0.4) is 0 Å². The van der Waals surface area contributed by atoms with Crippen molar-refractivity contribution in [2.24, 2.45) is 0 Å². The van der Waals surface area contributed by atoms with Crippen LogP contribution in [-0.4, -0.2) is 20.5 Å². The van der Waals surface area contributed by atoms with E-state index < -0.39 is 10.1 Å². The van der Waals surface area contributed by atoms with Gasteiger partial charge in [-0.05, 0) is 23.8 Å². The van der Waals surface area contributed by atoms with E-state index in [1.807, 2.05) is 0 Å². The molecule has 0 unspecified atom stereocenters. The quantitative estimate of drug-likeness (QED) is 0.866. The summed E-state index contributed by atoms with van der Waals surface area (Å²) in [4.78, 5) is 2.85. The molecule has 2 aromatic rings. The van der Waals surface area contributed by atoms with E-state index in [1.165, 1.54) is 12.3 Å². The Labute approximate surface area is 105 Å². The molecule has 0 aliphatic heterocycles. The Kier molecular flexibility index (Phi) is 3.49. The van der Waals surface area contributed by atoms with E-state index >= 15 is 0 Å². The zero-order chi connectivity index (χ0) is 13.2. The molecule has 0 radical (unpaired) electrons. The Balaban J connectivity index is 2.29. The van der Waals surface area contributed by atoms with Crippen LogP contribution in [0.15, 0.2) is 36.5 Å². The van der Waals surface area contributed by atoms with Gasteiger partial charge < -0.3 is 4.98 Å². The average molecular weight is 269 g/mol. The fourth-order valence-electron chi connectivity index (χ4n) is 1.62. The SMILES string of the molecule is COS(=O)(=O)Cc1c[nH]c(-c2ccccc2F)c1. The van der Waals surface area contributed by atoms with Crippen molar-refractivity contribution in [2.45, 2.75) is 5.75 Å². The van der Waals surface area contributed by atoms with Crippen molar-refractivity contribution in [2.75, 3.05) is 7.11 Å². The minimum Gasteiger partial charge on any atom is -0.361 e. The number of rotatable bonds is 4. The largest absolute Gasteiger partial charge is 0.361 e. The van der Waals surface area contributed by atoms with Gasteiger partial charge in [-0.15, -0.1) is 0 Å². The summed E-state index contributed by atoms with van der Waals surface area (Å²) in [6.07, 6.45) is 1.53. The number of aromatic nitrogens is 1. The van der Waals surface area contributed by atoms with Crippen molar-refractivity contribution in [3.05, 3.63) is 47.9 Å². The van der Waals surface area contributed by atoms with Crippen LogP contribution in [0, 0.1) is 5.82 Å². The number of halogens is 1. The summed E-state index contributed by atoms with van der Waals surface area (Å²) in [5.74, 6) is -0.602. The molecule has 0 bridgehead atoms. The summed E-state index contributed by atoms with van der Waals surface area (Å²) in [5, 5.41) is 0. The van der Waals surface area contributed by atoms with Crippen molar-refractivity contribution in [3.63, 3.8) is 0 Å². The van der Waals surface area contributed by atoms with Crippen molar-refractivity contribution in [1.29, 1.82) is 0 Å². The van der Waals surface area contributed by atoms with Crippen LogP contribution in [-0.2, 0) is 20.1 Å². The van der Waals surface area contributed by atoms with Gasteiger partial charge in [0.15, 0.2) is 0 Å². The Bertz CT molecular complexity index is 649. The van der Waals surface area contributed by atoms with E-state index in [1.54, 1.807) is 24.3 Å². The minimum absolute atomic E-state index is 0.242. The predicted molar refractivity (Wildman–Crippen MR) is 65.8 cm³/mol. The monoisotopic (exact) mass is 269 g/mol. The first kappa shape index (κ1) is 12.8. The van der Waals surface area contributed by atoms with Crippen LogP contribution in [0.25, 0.3) is 11.3 Å². The van der Waals surface area contributed by atoms with E-state index in [9.17, 15) is 12.8 Å². The highest BCUT2D eigenvalue weighted by Gasteiger charge is 2.13. The fraction of sp³-hybridized carbons (Fsp3) is 0.167. The first-order chi connectivity index (χ1) is 8.52. The van der Waals surface area contributed by atoms with Crippen LogP contribution in [0.1, 0.15) is 5.56 Å². The van der Waals surface area contributed by atoms with E-state index in [-0.39, 0.29) is 11.6 Å². The first-order valence-corrected chi connectivity index (χ1v) is 6.80. The summed E-state index contributed by atoms with van der Waals surface area (Å²) in [7, 11) is -2.45. The van der Waals surface area contributed by atoms with E-state index in [0.717, 1.165) is 7.11 Å². The first-order valence-electron chi connectivity index (χ1n) is 5.22. The number of hydrogen-bond donors (Lipinski definition) is 1. The van der Waals surface area contributed by atoms with Crippen LogP contribution in [0.5, 0.6) is 0 Å². The molecule has 1 aromatic heterocycles. The molecule has 0 aliphatic carbocycles. The number of hydrogen-bond acceptors (Lipinski definition) is 3. The highest BCUT2D eigenvalue weighted by molar-refractivity contribution is 7.85. The normalized spacial score (nSPS) is 11.7. The van der Waals surface area contributed by atoms with Crippen LogP contribution in [0.2, 0.25) is 0 Å². The summed E-state index contributed by atoms with van der Waals surface area (Å²) in [6, 6.07) is 7.87. The number of aromatic amines is 1. The van der Waals surface area contributed by atoms with Crippen LogP contribution < -0.4 is 0 Å². The second-order valence-corrected chi connectivity index (χ2v) is 5.51. The van der Waals surface area contributed by atoms with Gasteiger partial charge in [0.1, 0.15) is 11.6 Å². The molecule has 0 saturated carbocycles. The molecule has 96 valence electrons. The second kappa shape index (κ2) is 4.91. The molecule has 2 rings (SSSR count). The Morgan fingerprint density at radius 3 is 2.72 bits per heavy atom. The van der Waals surface area contributed by atoms with Gasteiger partial charge in [0.2, 0.25) is 0 Å². The molecule has 6 heteroatoms. The number of nitrogens with one attached hydrogen (secondary N) is 1. The molecule has 4 nitrogen and oxygen atoms in total. The lowest BCUT2D eigenvalue weighted by atomic mass is 10.1. The summed E-state index contributed by atoms with van der Waals surface area (Å²) < 4.78 is 40.4. The van der Waals surface area contributed by atoms with Crippen LogP contribution >= 0.6 is 0 Å². The van der Waals surface area contributed by atoms with E-state index in [2.05, 4.69) is 9.17 Å². The van der Waals surface area contributed by atoms with Crippen LogP contribution in [0.4, 0.5) is 4.39 Å². The third-order valence-corrected chi connectivity index (χ3v) is 3.70. The van der Waals surface area contributed by atoms with Gasteiger partial charge in [-0.25, -0.2) is 4.39 Å². The topological polar surface area (TPSA) is 59.2 Å². The van der Waals surface area contributed by atoms with Gasteiger partial charge in [-0.2, -0.15) is 8.42 Å². The van der Waals surface area contributed by atoms with Gasteiger partial charge >= 0.3 is 0 Å². The van der Waals surface area contributed by atoms with E-state index in [4.69, 9.17) is 0 Å². The zero-order valence-electron chi connectivity index (χ0n) is 9.68. The lowest BCUT2D eigenvalue weighted by molar-refractivity contribution is 0.397. The molecule has 0 amide bonds. The molecule has 0 aliphatic rings.